The fourth-order valence-electron chi connectivity index (χ4n) is 1.51. The van der Waals surface area contributed by atoms with Crippen molar-refractivity contribution >= 4 is 5.91 Å². The highest BCUT2D eigenvalue weighted by Gasteiger charge is 2.25. The van der Waals surface area contributed by atoms with Crippen LogP contribution in [0.3, 0.4) is 0 Å². The zero-order valence-electron chi connectivity index (χ0n) is 8.03. The number of primary amides is 1. The van der Waals surface area contributed by atoms with E-state index in [-0.39, 0.29) is 24.0 Å². The van der Waals surface area contributed by atoms with Gasteiger partial charge in [0.1, 0.15) is 0 Å². The van der Waals surface area contributed by atoms with E-state index in [4.69, 9.17) is 16.2 Å². The quantitative estimate of drug-likeness (QED) is 0.649. The largest absolute Gasteiger partial charge is 0.376 e. The number of ether oxygens (including phenoxy) is 1. The molecule has 1 aliphatic carbocycles. The minimum absolute atomic E-state index is 0.127. The van der Waals surface area contributed by atoms with Gasteiger partial charge in [0.2, 0.25) is 5.91 Å². The van der Waals surface area contributed by atoms with Crippen LogP contribution in [0.1, 0.15) is 26.2 Å². The SMILES string of the molecule is CC(COC1CCCC1N)C(N)=O. The van der Waals surface area contributed by atoms with Crippen LogP contribution in [0.5, 0.6) is 0 Å². The van der Waals surface area contributed by atoms with Crippen molar-refractivity contribution in [2.75, 3.05) is 6.61 Å². The van der Waals surface area contributed by atoms with E-state index in [0.29, 0.717) is 6.61 Å². The van der Waals surface area contributed by atoms with E-state index in [9.17, 15) is 4.79 Å². The van der Waals surface area contributed by atoms with E-state index in [0.717, 1.165) is 19.3 Å². The van der Waals surface area contributed by atoms with Crippen LogP contribution in [0.4, 0.5) is 0 Å². The van der Waals surface area contributed by atoms with Crippen molar-refractivity contribution < 1.29 is 9.53 Å². The molecule has 0 heterocycles. The lowest BCUT2D eigenvalue weighted by Crippen LogP contribution is -2.34. The Hall–Kier alpha value is -0.610. The molecule has 0 bridgehead atoms. The first kappa shape index (κ1) is 10.5. The molecular formula is C9H18N2O2. The molecule has 1 amide bonds. The molecule has 3 atom stereocenters. The highest BCUT2D eigenvalue weighted by molar-refractivity contribution is 5.76. The van der Waals surface area contributed by atoms with Crippen LogP contribution in [0, 0.1) is 5.92 Å². The Balaban J connectivity index is 2.22. The molecule has 76 valence electrons. The maximum Gasteiger partial charge on any atom is 0.222 e. The molecule has 1 saturated carbocycles. The first-order valence-corrected chi connectivity index (χ1v) is 4.77. The van der Waals surface area contributed by atoms with E-state index in [1.54, 1.807) is 6.92 Å². The third-order valence-electron chi connectivity index (χ3n) is 2.55. The van der Waals surface area contributed by atoms with E-state index >= 15 is 0 Å². The average molecular weight is 186 g/mol. The lowest BCUT2D eigenvalue weighted by molar-refractivity contribution is -0.123. The van der Waals surface area contributed by atoms with E-state index in [1.165, 1.54) is 0 Å². The van der Waals surface area contributed by atoms with Gasteiger partial charge in [-0.3, -0.25) is 4.79 Å². The second-order valence-electron chi connectivity index (χ2n) is 3.77. The van der Waals surface area contributed by atoms with Gasteiger partial charge in [0.25, 0.3) is 0 Å². The lowest BCUT2D eigenvalue weighted by Gasteiger charge is -2.17. The fraction of sp³-hybridized carbons (Fsp3) is 0.889. The van der Waals surface area contributed by atoms with E-state index in [1.807, 2.05) is 0 Å². The molecule has 4 nitrogen and oxygen atoms in total. The molecule has 0 aliphatic heterocycles. The van der Waals surface area contributed by atoms with E-state index in [2.05, 4.69) is 0 Å². The molecule has 1 aliphatic rings. The molecule has 4 N–H and O–H groups in total. The molecule has 0 radical (unpaired) electrons. The summed E-state index contributed by atoms with van der Waals surface area (Å²) in [4.78, 5) is 10.7. The Kier molecular flexibility index (Phi) is 3.69. The van der Waals surface area contributed by atoms with Gasteiger partial charge < -0.3 is 16.2 Å². The lowest BCUT2D eigenvalue weighted by atomic mass is 10.2. The van der Waals surface area contributed by atoms with Gasteiger partial charge >= 0.3 is 0 Å². The zero-order valence-corrected chi connectivity index (χ0v) is 8.03. The number of amides is 1. The summed E-state index contributed by atoms with van der Waals surface area (Å²) < 4.78 is 5.51. The summed E-state index contributed by atoms with van der Waals surface area (Å²) in [6.45, 7) is 2.16. The van der Waals surface area contributed by atoms with Gasteiger partial charge in [0.05, 0.1) is 18.6 Å². The van der Waals surface area contributed by atoms with Crippen LogP contribution < -0.4 is 11.5 Å². The van der Waals surface area contributed by atoms with Gasteiger partial charge in [-0.1, -0.05) is 6.92 Å². The summed E-state index contributed by atoms with van der Waals surface area (Å²) in [6.07, 6.45) is 3.28. The first-order chi connectivity index (χ1) is 6.11. The normalized spacial score (nSPS) is 30.3. The second kappa shape index (κ2) is 4.58. The second-order valence-corrected chi connectivity index (χ2v) is 3.77. The van der Waals surface area contributed by atoms with Crippen LogP contribution in [0.15, 0.2) is 0 Å². The van der Waals surface area contributed by atoms with Crippen molar-refractivity contribution in [3.05, 3.63) is 0 Å². The summed E-state index contributed by atoms with van der Waals surface area (Å²) in [7, 11) is 0. The van der Waals surface area contributed by atoms with Gasteiger partial charge in [0, 0.05) is 6.04 Å². The van der Waals surface area contributed by atoms with Crippen molar-refractivity contribution in [2.24, 2.45) is 17.4 Å². The Bertz CT molecular complexity index is 184. The molecule has 13 heavy (non-hydrogen) atoms. The molecule has 3 unspecified atom stereocenters. The predicted molar refractivity (Wildman–Crippen MR) is 49.9 cm³/mol. The third kappa shape index (κ3) is 2.97. The summed E-state index contributed by atoms with van der Waals surface area (Å²) in [5.41, 5.74) is 10.9. The smallest absolute Gasteiger partial charge is 0.222 e. The number of hydrogen-bond donors (Lipinski definition) is 2. The number of carbonyl (C=O) groups is 1. The highest BCUT2D eigenvalue weighted by Crippen LogP contribution is 2.20. The van der Waals surface area contributed by atoms with Crippen LogP contribution in [0.2, 0.25) is 0 Å². The van der Waals surface area contributed by atoms with Gasteiger partial charge in [-0.15, -0.1) is 0 Å². The summed E-state index contributed by atoms with van der Waals surface area (Å²) in [6, 6.07) is 0.139. The standard InChI is InChI=1S/C9H18N2O2/c1-6(9(11)12)5-13-8-4-2-3-7(8)10/h6-8H,2-5,10H2,1H3,(H2,11,12). The van der Waals surface area contributed by atoms with Crippen LogP contribution in [0.25, 0.3) is 0 Å². The Morgan fingerprint density at radius 3 is 2.77 bits per heavy atom. The molecule has 0 aromatic rings. The maximum absolute atomic E-state index is 10.7. The number of carbonyl (C=O) groups excluding carboxylic acids is 1. The van der Waals surface area contributed by atoms with Gasteiger partial charge in [-0.2, -0.15) is 0 Å². The minimum Gasteiger partial charge on any atom is -0.376 e. The Labute approximate surface area is 78.6 Å². The average Bonchev–Trinajstić information content (AvgIpc) is 2.47. The molecule has 0 spiro atoms. The van der Waals surface area contributed by atoms with Gasteiger partial charge in [-0.05, 0) is 19.3 Å². The predicted octanol–water partition coefficient (Wildman–Crippen LogP) is 0.00420. The number of hydrogen-bond acceptors (Lipinski definition) is 3. The topological polar surface area (TPSA) is 78.3 Å². The van der Waals surface area contributed by atoms with Crippen molar-refractivity contribution in [3.63, 3.8) is 0 Å². The summed E-state index contributed by atoms with van der Waals surface area (Å²) >= 11 is 0. The molecule has 4 heteroatoms. The Morgan fingerprint density at radius 2 is 2.31 bits per heavy atom. The van der Waals surface area contributed by atoms with E-state index < -0.39 is 0 Å². The first-order valence-electron chi connectivity index (χ1n) is 4.77. The van der Waals surface area contributed by atoms with Crippen molar-refractivity contribution in [2.45, 2.75) is 38.3 Å². The fourth-order valence-corrected chi connectivity index (χ4v) is 1.51. The van der Waals surface area contributed by atoms with Gasteiger partial charge in [0.15, 0.2) is 0 Å². The highest BCUT2D eigenvalue weighted by atomic mass is 16.5. The van der Waals surface area contributed by atoms with Gasteiger partial charge in [-0.25, -0.2) is 0 Å². The maximum atomic E-state index is 10.7. The molecule has 1 fully saturated rings. The van der Waals surface area contributed by atoms with Crippen molar-refractivity contribution in [1.29, 1.82) is 0 Å². The molecule has 0 saturated heterocycles. The van der Waals surface area contributed by atoms with Crippen molar-refractivity contribution in [1.82, 2.24) is 0 Å². The molecule has 0 aromatic carbocycles. The minimum atomic E-state index is -0.313. The summed E-state index contributed by atoms with van der Waals surface area (Å²) in [5, 5.41) is 0. The molecule has 1 rings (SSSR count). The van der Waals surface area contributed by atoms with Crippen LogP contribution in [-0.4, -0.2) is 24.7 Å². The molecular weight excluding hydrogens is 168 g/mol. The zero-order chi connectivity index (χ0) is 9.84. The van der Waals surface area contributed by atoms with Crippen molar-refractivity contribution in [3.8, 4) is 0 Å². The van der Waals surface area contributed by atoms with Crippen LogP contribution in [-0.2, 0) is 9.53 Å². The van der Waals surface area contributed by atoms with Crippen LogP contribution >= 0.6 is 0 Å². The molecule has 0 aromatic heterocycles. The summed E-state index contributed by atoms with van der Waals surface area (Å²) in [5.74, 6) is -0.528. The Morgan fingerprint density at radius 1 is 1.62 bits per heavy atom. The number of rotatable bonds is 4. The third-order valence-corrected chi connectivity index (χ3v) is 2.55. The monoisotopic (exact) mass is 186 g/mol. The number of nitrogens with two attached hydrogens (primary N) is 2.